The van der Waals surface area contributed by atoms with Gasteiger partial charge in [0, 0.05) is 6.04 Å². The molecule has 0 bridgehead atoms. The van der Waals surface area contributed by atoms with Crippen LogP contribution < -0.4 is 5.32 Å². The lowest BCUT2D eigenvalue weighted by Crippen LogP contribution is -2.06. The standard InChI is InChI=1S/C11H13N3/c1-7-5-10(7)14-11-4-3-9(6-12)8(2)13-11/h3-4,7,10H,5H2,1-2H3,(H,13,14). The van der Waals surface area contributed by atoms with E-state index in [0.717, 1.165) is 17.4 Å². The van der Waals surface area contributed by atoms with Gasteiger partial charge in [-0.2, -0.15) is 5.26 Å². The summed E-state index contributed by atoms with van der Waals surface area (Å²) in [7, 11) is 0. The summed E-state index contributed by atoms with van der Waals surface area (Å²) in [5, 5.41) is 12.1. The van der Waals surface area contributed by atoms with E-state index in [1.165, 1.54) is 6.42 Å². The summed E-state index contributed by atoms with van der Waals surface area (Å²) in [4.78, 5) is 4.32. The van der Waals surface area contributed by atoms with Gasteiger partial charge in [0.2, 0.25) is 0 Å². The summed E-state index contributed by atoms with van der Waals surface area (Å²) < 4.78 is 0. The molecule has 0 spiro atoms. The fourth-order valence-corrected chi connectivity index (χ4v) is 1.47. The Morgan fingerprint density at radius 3 is 2.79 bits per heavy atom. The monoisotopic (exact) mass is 187 g/mol. The molecular weight excluding hydrogens is 174 g/mol. The number of aryl methyl sites for hydroxylation is 1. The second-order valence-electron chi connectivity index (χ2n) is 3.91. The van der Waals surface area contributed by atoms with Gasteiger partial charge in [-0.25, -0.2) is 4.98 Å². The summed E-state index contributed by atoms with van der Waals surface area (Å²) in [6, 6.07) is 6.38. The Kier molecular flexibility index (Phi) is 2.12. The number of nitrogens with one attached hydrogen (secondary N) is 1. The fraction of sp³-hybridized carbons (Fsp3) is 0.455. The van der Waals surface area contributed by atoms with Crippen molar-refractivity contribution in [3.05, 3.63) is 23.4 Å². The lowest BCUT2D eigenvalue weighted by Gasteiger charge is -2.05. The van der Waals surface area contributed by atoms with E-state index in [2.05, 4.69) is 23.3 Å². The van der Waals surface area contributed by atoms with E-state index in [1.54, 1.807) is 0 Å². The van der Waals surface area contributed by atoms with Crippen LogP contribution in [0.4, 0.5) is 5.82 Å². The van der Waals surface area contributed by atoms with Gasteiger partial charge in [0.15, 0.2) is 0 Å². The van der Waals surface area contributed by atoms with E-state index in [9.17, 15) is 0 Å². The zero-order valence-electron chi connectivity index (χ0n) is 8.41. The number of pyridine rings is 1. The molecule has 1 aliphatic carbocycles. The second-order valence-corrected chi connectivity index (χ2v) is 3.91. The molecule has 1 heterocycles. The van der Waals surface area contributed by atoms with E-state index in [1.807, 2.05) is 19.1 Å². The quantitative estimate of drug-likeness (QED) is 0.771. The lowest BCUT2D eigenvalue weighted by atomic mass is 10.2. The smallest absolute Gasteiger partial charge is 0.126 e. The van der Waals surface area contributed by atoms with Gasteiger partial charge in [-0.05, 0) is 31.4 Å². The molecule has 0 saturated heterocycles. The average molecular weight is 187 g/mol. The van der Waals surface area contributed by atoms with Gasteiger partial charge in [0.05, 0.1) is 11.3 Å². The van der Waals surface area contributed by atoms with Gasteiger partial charge in [-0.15, -0.1) is 0 Å². The van der Waals surface area contributed by atoms with Crippen molar-refractivity contribution < 1.29 is 0 Å². The van der Waals surface area contributed by atoms with Gasteiger partial charge in [0.25, 0.3) is 0 Å². The Hall–Kier alpha value is -1.56. The van der Waals surface area contributed by atoms with Crippen LogP contribution in [0.15, 0.2) is 12.1 Å². The first-order valence-corrected chi connectivity index (χ1v) is 4.85. The maximum absolute atomic E-state index is 8.74. The molecule has 1 aromatic rings. The highest BCUT2D eigenvalue weighted by Gasteiger charge is 2.32. The van der Waals surface area contributed by atoms with Crippen LogP contribution >= 0.6 is 0 Å². The first-order chi connectivity index (χ1) is 6.70. The van der Waals surface area contributed by atoms with E-state index in [-0.39, 0.29) is 0 Å². The van der Waals surface area contributed by atoms with E-state index in [0.29, 0.717) is 11.6 Å². The Bertz CT molecular complexity index is 392. The minimum absolute atomic E-state index is 0.579. The molecule has 3 nitrogen and oxygen atoms in total. The minimum Gasteiger partial charge on any atom is -0.367 e. The molecule has 2 rings (SSSR count). The molecule has 1 aromatic heterocycles. The van der Waals surface area contributed by atoms with Gasteiger partial charge in [0.1, 0.15) is 11.9 Å². The minimum atomic E-state index is 0.579. The highest BCUT2D eigenvalue weighted by Crippen LogP contribution is 2.32. The van der Waals surface area contributed by atoms with Crippen molar-refractivity contribution in [1.29, 1.82) is 5.26 Å². The molecule has 0 aliphatic heterocycles. The second kappa shape index (κ2) is 3.30. The van der Waals surface area contributed by atoms with E-state index in [4.69, 9.17) is 5.26 Å². The summed E-state index contributed by atoms with van der Waals surface area (Å²) >= 11 is 0. The summed E-state index contributed by atoms with van der Waals surface area (Å²) in [5.74, 6) is 1.64. The molecule has 0 amide bonds. The third-order valence-electron chi connectivity index (χ3n) is 2.65. The van der Waals surface area contributed by atoms with Crippen LogP contribution in [0.2, 0.25) is 0 Å². The Morgan fingerprint density at radius 1 is 1.57 bits per heavy atom. The number of anilines is 1. The van der Waals surface area contributed by atoms with Crippen LogP contribution in [0.25, 0.3) is 0 Å². The lowest BCUT2D eigenvalue weighted by molar-refractivity contribution is 0.922. The van der Waals surface area contributed by atoms with Gasteiger partial charge in [-0.1, -0.05) is 6.92 Å². The molecule has 1 fully saturated rings. The van der Waals surface area contributed by atoms with E-state index < -0.39 is 0 Å². The van der Waals surface area contributed by atoms with Crippen molar-refractivity contribution in [3.8, 4) is 6.07 Å². The van der Waals surface area contributed by atoms with Crippen molar-refractivity contribution in [2.24, 2.45) is 5.92 Å². The highest BCUT2D eigenvalue weighted by atomic mass is 15.0. The van der Waals surface area contributed by atoms with Crippen LogP contribution in [0.3, 0.4) is 0 Å². The SMILES string of the molecule is Cc1nc(NC2CC2C)ccc1C#N. The van der Waals surface area contributed by atoms with Crippen LogP contribution in [-0.2, 0) is 0 Å². The predicted molar refractivity (Wildman–Crippen MR) is 54.9 cm³/mol. The molecule has 0 aromatic carbocycles. The third kappa shape index (κ3) is 1.69. The van der Waals surface area contributed by atoms with Gasteiger partial charge < -0.3 is 5.32 Å². The summed E-state index contributed by atoms with van der Waals surface area (Å²) in [5.41, 5.74) is 1.45. The molecule has 1 saturated carbocycles. The van der Waals surface area contributed by atoms with Crippen molar-refractivity contribution in [2.45, 2.75) is 26.3 Å². The first kappa shape index (κ1) is 9.01. The van der Waals surface area contributed by atoms with Crippen molar-refractivity contribution in [3.63, 3.8) is 0 Å². The van der Waals surface area contributed by atoms with Crippen LogP contribution in [0.5, 0.6) is 0 Å². The highest BCUT2D eigenvalue weighted by molar-refractivity contribution is 5.44. The van der Waals surface area contributed by atoms with E-state index >= 15 is 0 Å². The first-order valence-electron chi connectivity index (χ1n) is 4.85. The zero-order chi connectivity index (χ0) is 10.1. The largest absolute Gasteiger partial charge is 0.367 e. The topological polar surface area (TPSA) is 48.7 Å². The van der Waals surface area contributed by atoms with Crippen LogP contribution in [0.1, 0.15) is 24.6 Å². The average Bonchev–Trinajstić information content (AvgIpc) is 2.82. The van der Waals surface area contributed by atoms with Gasteiger partial charge >= 0.3 is 0 Å². The number of aromatic nitrogens is 1. The molecule has 1 aliphatic rings. The molecule has 1 N–H and O–H groups in total. The molecule has 14 heavy (non-hydrogen) atoms. The maximum Gasteiger partial charge on any atom is 0.126 e. The molecule has 0 radical (unpaired) electrons. The molecular formula is C11H13N3. The number of nitriles is 1. The number of hydrogen-bond donors (Lipinski definition) is 1. The fourth-order valence-electron chi connectivity index (χ4n) is 1.47. The van der Waals surface area contributed by atoms with Crippen LogP contribution in [-0.4, -0.2) is 11.0 Å². The van der Waals surface area contributed by atoms with Crippen molar-refractivity contribution >= 4 is 5.82 Å². The molecule has 72 valence electrons. The van der Waals surface area contributed by atoms with Crippen molar-refractivity contribution in [2.75, 3.05) is 5.32 Å². The third-order valence-corrected chi connectivity index (χ3v) is 2.65. The normalized spacial score (nSPS) is 24.1. The Balaban J connectivity index is 2.13. The Morgan fingerprint density at radius 2 is 2.29 bits per heavy atom. The summed E-state index contributed by atoms with van der Waals surface area (Å²) in [6.45, 7) is 4.08. The summed E-state index contributed by atoms with van der Waals surface area (Å²) in [6.07, 6.45) is 1.22. The Labute approximate surface area is 83.8 Å². The number of rotatable bonds is 2. The number of nitrogens with zero attached hydrogens (tertiary/aromatic N) is 2. The zero-order valence-corrected chi connectivity index (χ0v) is 8.41. The molecule has 2 atom stereocenters. The molecule has 3 heteroatoms. The van der Waals surface area contributed by atoms with Crippen molar-refractivity contribution in [1.82, 2.24) is 4.98 Å². The van der Waals surface area contributed by atoms with Gasteiger partial charge in [-0.3, -0.25) is 0 Å². The predicted octanol–water partition coefficient (Wildman–Crippen LogP) is 2.08. The number of hydrogen-bond acceptors (Lipinski definition) is 3. The maximum atomic E-state index is 8.74. The van der Waals surface area contributed by atoms with Crippen LogP contribution in [0, 0.1) is 24.2 Å². The molecule has 2 unspecified atom stereocenters.